The molecular weight excluding hydrogens is 376 g/mol. The van der Waals surface area contributed by atoms with Gasteiger partial charge in [0.15, 0.2) is 0 Å². The van der Waals surface area contributed by atoms with Gasteiger partial charge in [-0.1, -0.05) is 19.9 Å². The summed E-state index contributed by atoms with van der Waals surface area (Å²) >= 11 is 1.73. The van der Waals surface area contributed by atoms with Crippen molar-refractivity contribution < 1.29 is 40.7 Å². The summed E-state index contributed by atoms with van der Waals surface area (Å²) in [4.78, 5) is 31.7. The van der Waals surface area contributed by atoms with Crippen molar-refractivity contribution in [1.82, 2.24) is 5.32 Å². The lowest BCUT2D eigenvalue weighted by molar-refractivity contribution is -0.193. The summed E-state index contributed by atoms with van der Waals surface area (Å²) in [7, 11) is 0. The Morgan fingerprint density at radius 1 is 1.04 bits per heavy atom. The minimum atomic E-state index is -5.77. The predicted molar refractivity (Wildman–Crippen MR) is 78.0 cm³/mol. The molecule has 1 heterocycles. The predicted octanol–water partition coefficient (Wildman–Crippen LogP) is 3.31. The van der Waals surface area contributed by atoms with Crippen molar-refractivity contribution in [3.8, 4) is 0 Å². The molecule has 0 radical (unpaired) electrons. The molecule has 0 saturated heterocycles. The number of carbonyl (C=O) groups excluding carboxylic acids is 3. The molecule has 0 aromatic carbocycles. The number of carbonyl (C=O) groups is 3. The van der Waals surface area contributed by atoms with Crippen molar-refractivity contribution in [2.24, 2.45) is 5.92 Å². The number of Topliss-reactive ketones (excluding diaryl/α,β-unsaturated/α-hetero) is 2. The molecule has 0 bridgehead atoms. The van der Waals surface area contributed by atoms with Crippen molar-refractivity contribution >= 4 is 28.8 Å². The molecule has 1 aromatic heterocycles. The third-order valence-corrected chi connectivity index (χ3v) is 3.43. The van der Waals surface area contributed by atoms with Crippen LogP contribution in [0.15, 0.2) is 17.5 Å². The highest BCUT2D eigenvalue weighted by Crippen LogP contribution is 2.24. The lowest BCUT2D eigenvalue weighted by atomic mass is 10.2. The van der Waals surface area contributed by atoms with Crippen LogP contribution in [-0.4, -0.2) is 36.4 Å². The van der Waals surface area contributed by atoms with E-state index in [0.717, 1.165) is 13.0 Å². The summed E-state index contributed by atoms with van der Waals surface area (Å²) in [6.07, 6.45) is -10.6. The van der Waals surface area contributed by atoms with Crippen molar-refractivity contribution in [2.75, 3.05) is 6.54 Å². The van der Waals surface area contributed by atoms with Crippen molar-refractivity contribution in [1.29, 1.82) is 0 Å². The zero-order valence-electron chi connectivity index (χ0n) is 13.1. The van der Waals surface area contributed by atoms with Crippen LogP contribution in [0.3, 0.4) is 0 Å². The summed E-state index contributed by atoms with van der Waals surface area (Å²) in [6.45, 7) is 4.55. The molecule has 0 aliphatic heterocycles. The molecule has 1 rings (SSSR count). The van der Waals surface area contributed by atoms with Crippen LogP contribution in [0.1, 0.15) is 18.7 Å². The molecule has 25 heavy (non-hydrogen) atoms. The topological polar surface area (TPSA) is 63.2 Å². The summed E-state index contributed by atoms with van der Waals surface area (Å²) < 4.78 is 67.0. The Labute approximate surface area is 143 Å². The Balaban J connectivity index is 0.000000463. The first kappa shape index (κ1) is 23.1. The zero-order valence-corrected chi connectivity index (χ0v) is 13.9. The monoisotopic (exact) mass is 391 g/mol. The van der Waals surface area contributed by atoms with Gasteiger partial charge in [0.25, 0.3) is 0 Å². The van der Waals surface area contributed by atoms with Crippen LogP contribution in [-0.2, 0) is 20.8 Å². The van der Waals surface area contributed by atoms with Crippen LogP contribution in [0.25, 0.3) is 0 Å². The van der Waals surface area contributed by atoms with E-state index < -0.39 is 23.9 Å². The summed E-state index contributed by atoms with van der Waals surface area (Å²) in [5, 5.41) is 4.94. The molecule has 1 aromatic rings. The van der Waals surface area contributed by atoms with Gasteiger partial charge in [-0.2, -0.15) is 26.3 Å². The number of rotatable bonds is 5. The van der Waals surface area contributed by atoms with Gasteiger partial charge in [-0.25, -0.2) is 0 Å². The van der Waals surface area contributed by atoms with E-state index in [0.29, 0.717) is 0 Å². The molecule has 0 aliphatic rings. The maximum Gasteiger partial charge on any atom is 0.458 e. The molecule has 0 saturated carbocycles. The molecule has 0 spiro atoms. The summed E-state index contributed by atoms with van der Waals surface area (Å²) in [6, 6.07) is 4.12. The van der Waals surface area contributed by atoms with Crippen molar-refractivity contribution in [3.05, 3.63) is 22.4 Å². The molecule has 0 atom stereocenters. The average molecular weight is 391 g/mol. The molecule has 11 heteroatoms. The highest BCUT2D eigenvalue weighted by Gasteiger charge is 2.54. The van der Waals surface area contributed by atoms with Crippen LogP contribution in [0.4, 0.5) is 26.3 Å². The number of nitrogens with one attached hydrogen (secondary N) is 1. The number of amides is 1. The van der Waals surface area contributed by atoms with E-state index in [2.05, 4.69) is 16.8 Å². The second-order valence-electron chi connectivity index (χ2n) is 4.93. The maximum absolute atomic E-state index is 11.2. The fourth-order valence-corrected chi connectivity index (χ4v) is 1.93. The average Bonchev–Trinajstić information content (AvgIpc) is 2.97. The largest absolute Gasteiger partial charge is 0.458 e. The second kappa shape index (κ2) is 9.54. The molecule has 0 aliphatic carbocycles. The fraction of sp³-hybridized carbons (Fsp3) is 0.500. The number of alkyl halides is 6. The van der Waals surface area contributed by atoms with Gasteiger partial charge in [0, 0.05) is 17.3 Å². The fourth-order valence-electron chi connectivity index (χ4n) is 1.23. The van der Waals surface area contributed by atoms with E-state index in [1.807, 2.05) is 19.9 Å². The molecule has 0 unspecified atom stereocenters. The van der Waals surface area contributed by atoms with Gasteiger partial charge in [-0.05, 0) is 17.9 Å². The lowest BCUT2D eigenvalue weighted by Crippen LogP contribution is -2.39. The minimum absolute atomic E-state index is 0.0864. The quantitative estimate of drug-likeness (QED) is 0.619. The highest BCUT2D eigenvalue weighted by atomic mass is 32.1. The van der Waals surface area contributed by atoms with Gasteiger partial charge >= 0.3 is 23.9 Å². The second-order valence-corrected chi connectivity index (χ2v) is 5.96. The number of halogens is 6. The van der Waals surface area contributed by atoms with Crippen LogP contribution in [0, 0.1) is 5.92 Å². The van der Waals surface area contributed by atoms with Crippen molar-refractivity contribution in [2.45, 2.75) is 32.6 Å². The third-order valence-electron chi connectivity index (χ3n) is 2.50. The first-order chi connectivity index (χ1) is 11.3. The first-order valence-corrected chi connectivity index (χ1v) is 7.67. The molecular formula is C14H15F6NO3S. The standard InChI is InChI=1S/C10H15NOS.C4F6O2/c1-8(2)10(12)11-6-5-9-4-3-7-13-9;5-3(6,7)1(11)2(12)4(8,9)10/h3-4,7-8H,5-6H2,1-2H3,(H,11,12);. The zero-order chi connectivity index (χ0) is 19.8. The minimum Gasteiger partial charge on any atom is -0.356 e. The number of thiophene rings is 1. The Morgan fingerprint density at radius 2 is 1.52 bits per heavy atom. The Kier molecular flexibility index (Phi) is 8.81. The van der Waals surface area contributed by atoms with Crippen molar-refractivity contribution in [3.63, 3.8) is 0 Å². The van der Waals surface area contributed by atoms with Gasteiger partial charge in [-0.15, -0.1) is 11.3 Å². The lowest BCUT2D eigenvalue weighted by Gasteiger charge is -2.05. The Bertz CT molecular complexity index is 554. The van der Waals surface area contributed by atoms with Gasteiger partial charge in [0.1, 0.15) is 0 Å². The molecule has 1 N–H and O–H groups in total. The normalized spacial score (nSPS) is 11.6. The van der Waals surface area contributed by atoms with E-state index >= 15 is 0 Å². The SMILES string of the molecule is CC(C)C(=O)NCCc1cccs1.O=C(C(=O)C(F)(F)F)C(F)(F)F. The Hall–Kier alpha value is -1.91. The maximum atomic E-state index is 11.2. The van der Waals surface area contributed by atoms with E-state index in [-0.39, 0.29) is 11.8 Å². The first-order valence-electron chi connectivity index (χ1n) is 6.79. The van der Waals surface area contributed by atoms with Crippen LogP contribution in [0.5, 0.6) is 0 Å². The summed E-state index contributed by atoms with van der Waals surface area (Å²) in [5.74, 6) is -6.59. The van der Waals surface area contributed by atoms with Gasteiger partial charge in [-0.3, -0.25) is 14.4 Å². The number of hydrogen-bond acceptors (Lipinski definition) is 4. The van der Waals surface area contributed by atoms with E-state index in [1.54, 1.807) is 11.3 Å². The highest BCUT2D eigenvalue weighted by molar-refractivity contribution is 7.09. The summed E-state index contributed by atoms with van der Waals surface area (Å²) in [5.41, 5.74) is 0. The molecule has 1 amide bonds. The van der Waals surface area contributed by atoms with Gasteiger partial charge < -0.3 is 5.32 Å². The van der Waals surface area contributed by atoms with Crippen LogP contribution < -0.4 is 5.32 Å². The molecule has 0 fully saturated rings. The van der Waals surface area contributed by atoms with E-state index in [4.69, 9.17) is 0 Å². The third kappa shape index (κ3) is 9.22. The Morgan fingerprint density at radius 3 is 1.84 bits per heavy atom. The number of hydrogen-bond donors (Lipinski definition) is 1. The molecule has 142 valence electrons. The number of ketones is 2. The van der Waals surface area contributed by atoms with Crippen LogP contribution in [0.2, 0.25) is 0 Å². The molecule has 4 nitrogen and oxygen atoms in total. The van der Waals surface area contributed by atoms with Crippen LogP contribution >= 0.6 is 11.3 Å². The van der Waals surface area contributed by atoms with E-state index in [1.165, 1.54) is 4.88 Å². The van der Waals surface area contributed by atoms with E-state index in [9.17, 15) is 40.7 Å². The smallest absolute Gasteiger partial charge is 0.356 e. The van der Waals surface area contributed by atoms with Gasteiger partial charge in [0.05, 0.1) is 0 Å². The van der Waals surface area contributed by atoms with Gasteiger partial charge in [0.2, 0.25) is 5.91 Å².